The van der Waals surface area contributed by atoms with Crippen LogP contribution in [0.2, 0.25) is 0 Å². The highest BCUT2D eigenvalue weighted by atomic mass is 19.1. The summed E-state index contributed by atoms with van der Waals surface area (Å²) >= 11 is 0. The SMILES string of the molecule is O=C(Cc1ccc(F)c(-c2ccc(F)cc2)c1)N1CCN(c2ccc3nncn3n2)CC1. The molecule has 1 saturated heterocycles. The van der Waals surface area contributed by atoms with Crippen molar-refractivity contribution in [3.63, 3.8) is 0 Å². The van der Waals surface area contributed by atoms with Gasteiger partial charge in [0.2, 0.25) is 5.91 Å². The van der Waals surface area contributed by atoms with Crippen LogP contribution in [0.1, 0.15) is 5.56 Å². The second kappa shape index (κ2) is 8.33. The zero-order valence-corrected chi connectivity index (χ0v) is 17.2. The monoisotopic (exact) mass is 434 g/mol. The summed E-state index contributed by atoms with van der Waals surface area (Å²) in [6.45, 7) is 2.48. The molecule has 2 aromatic heterocycles. The zero-order valence-electron chi connectivity index (χ0n) is 17.2. The summed E-state index contributed by atoms with van der Waals surface area (Å²) in [6.07, 6.45) is 1.74. The minimum atomic E-state index is -0.404. The molecule has 5 rings (SSSR count). The number of benzene rings is 2. The van der Waals surface area contributed by atoms with Crippen LogP contribution in [0.4, 0.5) is 14.6 Å². The molecule has 7 nitrogen and oxygen atoms in total. The summed E-state index contributed by atoms with van der Waals surface area (Å²) in [7, 11) is 0. The van der Waals surface area contributed by atoms with Crippen LogP contribution in [-0.2, 0) is 11.2 Å². The molecular formula is C23H20F2N6O. The van der Waals surface area contributed by atoms with Crippen molar-refractivity contribution in [3.05, 3.63) is 78.1 Å². The Bertz CT molecular complexity index is 1270. The van der Waals surface area contributed by atoms with Gasteiger partial charge in [-0.05, 0) is 47.5 Å². The van der Waals surface area contributed by atoms with E-state index in [-0.39, 0.29) is 18.1 Å². The highest BCUT2D eigenvalue weighted by Gasteiger charge is 2.22. The Labute approximate surface area is 182 Å². The van der Waals surface area contributed by atoms with E-state index in [0.29, 0.717) is 43.0 Å². The van der Waals surface area contributed by atoms with Gasteiger partial charge in [0.15, 0.2) is 5.65 Å². The number of carbonyl (C=O) groups excluding carboxylic acids is 1. The Balaban J connectivity index is 1.24. The van der Waals surface area contributed by atoms with Crippen molar-refractivity contribution in [2.24, 2.45) is 0 Å². The predicted molar refractivity (Wildman–Crippen MR) is 115 cm³/mol. The van der Waals surface area contributed by atoms with Gasteiger partial charge in [0.1, 0.15) is 23.8 Å². The number of carbonyl (C=O) groups is 1. The molecule has 0 saturated carbocycles. The molecule has 0 N–H and O–H groups in total. The molecule has 1 aliphatic rings. The Morgan fingerprint density at radius 3 is 2.50 bits per heavy atom. The minimum Gasteiger partial charge on any atom is -0.352 e. The Morgan fingerprint density at radius 2 is 1.72 bits per heavy atom. The van der Waals surface area contributed by atoms with Gasteiger partial charge in [-0.25, -0.2) is 8.78 Å². The number of hydrogen-bond donors (Lipinski definition) is 0. The van der Waals surface area contributed by atoms with Gasteiger partial charge in [-0.2, -0.15) is 4.52 Å². The van der Waals surface area contributed by atoms with Gasteiger partial charge in [0.25, 0.3) is 0 Å². The van der Waals surface area contributed by atoms with Gasteiger partial charge in [-0.3, -0.25) is 4.79 Å². The lowest BCUT2D eigenvalue weighted by molar-refractivity contribution is -0.130. The first-order valence-electron chi connectivity index (χ1n) is 10.3. The molecule has 4 aromatic rings. The minimum absolute atomic E-state index is 0.0106. The molecule has 162 valence electrons. The number of amides is 1. The van der Waals surface area contributed by atoms with Crippen molar-refractivity contribution < 1.29 is 13.6 Å². The first-order chi connectivity index (χ1) is 15.6. The van der Waals surface area contributed by atoms with E-state index in [2.05, 4.69) is 20.2 Å². The molecule has 0 radical (unpaired) electrons. The fourth-order valence-electron chi connectivity index (χ4n) is 3.89. The first kappa shape index (κ1) is 20.0. The fraction of sp³-hybridized carbons (Fsp3) is 0.217. The summed E-state index contributed by atoms with van der Waals surface area (Å²) in [6, 6.07) is 14.0. The number of fused-ring (bicyclic) bond motifs is 1. The highest BCUT2D eigenvalue weighted by Crippen LogP contribution is 2.25. The maximum atomic E-state index is 14.3. The number of piperazine rings is 1. The second-order valence-electron chi connectivity index (χ2n) is 7.69. The van der Waals surface area contributed by atoms with Crippen molar-refractivity contribution in [1.82, 2.24) is 24.7 Å². The van der Waals surface area contributed by atoms with Gasteiger partial charge in [0, 0.05) is 31.7 Å². The van der Waals surface area contributed by atoms with Gasteiger partial charge >= 0.3 is 0 Å². The lowest BCUT2D eigenvalue weighted by atomic mass is 10.0. The summed E-state index contributed by atoms with van der Waals surface area (Å²) in [4.78, 5) is 16.8. The van der Waals surface area contributed by atoms with Crippen LogP contribution in [0, 0.1) is 11.6 Å². The van der Waals surface area contributed by atoms with Gasteiger partial charge in [-0.15, -0.1) is 15.3 Å². The van der Waals surface area contributed by atoms with Crippen LogP contribution >= 0.6 is 0 Å². The van der Waals surface area contributed by atoms with Crippen molar-refractivity contribution in [2.45, 2.75) is 6.42 Å². The topological polar surface area (TPSA) is 66.6 Å². The standard InChI is InChI=1S/C23H20F2N6O/c24-18-4-2-17(3-5-18)19-13-16(1-6-20(19)25)14-23(32)30-11-9-29(10-12-30)22-8-7-21-27-26-15-31(21)28-22/h1-8,13,15H,9-12,14H2. The van der Waals surface area contributed by atoms with Crippen molar-refractivity contribution in [2.75, 3.05) is 31.1 Å². The number of hydrogen-bond acceptors (Lipinski definition) is 5. The number of anilines is 1. The molecule has 0 unspecified atom stereocenters. The number of rotatable bonds is 4. The van der Waals surface area contributed by atoms with Crippen LogP contribution in [0.15, 0.2) is 60.9 Å². The zero-order chi connectivity index (χ0) is 22.1. The lowest BCUT2D eigenvalue weighted by Crippen LogP contribution is -2.49. The van der Waals surface area contributed by atoms with E-state index in [0.717, 1.165) is 11.4 Å². The molecular weight excluding hydrogens is 414 g/mol. The molecule has 0 bridgehead atoms. The average Bonchev–Trinajstić information content (AvgIpc) is 3.29. The molecule has 1 aliphatic heterocycles. The van der Waals surface area contributed by atoms with E-state index in [1.807, 2.05) is 17.0 Å². The maximum absolute atomic E-state index is 14.3. The smallest absolute Gasteiger partial charge is 0.227 e. The molecule has 32 heavy (non-hydrogen) atoms. The van der Waals surface area contributed by atoms with Crippen LogP contribution in [0.5, 0.6) is 0 Å². The first-order valence-corrected chi connectivity index (χ1v) is 10.3. The molecule has 2 aromatic carbocycles. The Hall–Kier alpha value is -3.88. The van der Waals surface area contributed by atoms with Crippen LogP contribution < -0.4 is 4.90 Å². The summed E-state index contributed by atoms with van der Waals surface area (Å²) in [5.74, 6) is 0.0193. The third-order valence-electron chi connectivity index (χ3n) is 5.65. The van der Waals surface area contributed by atoms with Gasteiger partial charge in [0.05, 0.1) is 6.42 Å². The van der Waals surface area contributed by atoms with Crippen molar-refractivity contribution in [1.29, 1.82) is 0 Å². The lowest BCUT2D eigenvalue weighted by Gasteiger charge is -2.35. The Morgan fingerprint density at radius 1 is 0.938 bits per heavy atom. The molecule has 1 amide bonds. The molecule has 0 spiro atoms. The molecule has 3 heterocycles. The quantitative estimate of drug-likeness (QED) is 0.494. The molecule has 0 atom stereocenters. The number of halogens is 2. The van der Waals surface area contributed by atoms with E-state index < -0.39 is 5.82 Å². The number of nitrogens with zero attached hydrogens (tertiary/aromatic N) is 6. The van der Waals surface area contributed by atoms with Gasteiger partial charge in [-0.1, -0.05) is 18.2 Å². The largest absolute Gasteiger partial charge is 0.352 e. The average molecular weight is 434 g/mol. The molecule has 9 heteroatoms. The summed E-state index contributed by atoms with van der Waals surface area (Å²) in [5.41, 5.74) is 2.33. The number of aromatic nitrogens is 4. The van der Waals surface area contributed by atoms with E-state index in [9.17, 15) is 13.6 Å². The molecule has 0 aliphatic carbocycles. The van der Waals surface area contributed by atoms with Crippen molar-refractivity contribution >= 4 is 17.4 Å². The van der Waals surface area contributed by atoms with E-state index >= 15 is 0 Å². The highest BCUT2D eigenvalue weighted by molar-refractivity contribution is 5.80. The van der Waals surface area contributed by atoms with Crippen LogP contribution in [-0.4, -0.2) is 56.8 Å². The second-order valence-corrected chi connectivity index (χ2v) is 7.69. The normalized spacial score (nSPS) is 14.2. The van der Waals surface area contributed by atoms with E-state index in [4.69, 9.17) is 0 Å². The van der Waals surface area contributed by atoms with Gasteiger partial charge < -0.3 is 9.80 Å². The third kappa shape index (κ3) is 4.01. The Kier molecular flexibility index (Phi) is 5.22. The van der Waals surface area contributed by atoms with E-state index in [1.54, 1.807) is 23.0 Å². The maximum Gasteiger partial charge on any atom is 0.227 e. The molecule has 1 fully saturated rings. The van der Waals surface area contributed by atoms with Crippen LogP contribution in [0.3, 0.4) is 0 Å². The predicted octanol–water partition coefficient (Wildman–Crippen LogP) is 2.96. The van der Waals surface area contributed by atoms with E-state index in [1.165, 1.54) is 30.3 Å². The summed E-state index contributed by atoms with van der Waals surface area (Å²) in [5, 5.41) is 12.3. The third-order valence-corrected chi connectivity index (χ3v) is 5.65. The van der Waals surface area contributed by atoms with Crippen molar-refractivity contribution in [3.8, 4) is 11.1 Å². The fourth-order valence-corrected chi connectivity index (χ4v) is 3.89. The summed E-state index contributed by atoms with van der Waals surface area (Å²) < 4.78 is 29.1. The van der Waals surface area contributed by atoms with Crippen LogP contribution in [0.25, 0.3) is 16.8 Å².